The molecule has 2 aromatic carbocycles. The summed E-state index contributed by atoms with van der Waals surface area (Å²) < 4.78 is 10.8. The van der Waals surface area contributed by atoms with Crippen LogP contribution in [0.3, 0.4) is 0 Å². The summed E-state index contributed by atoms with van der Waals surface area (Å²) >= 11 is 0. The van der Waals surface area contributed by atoms with Crippen molar-refractivity contribution in [2.24, 2.45) is 0 Å². The number of hydrogen-bond acceptors (Lipinski definition) is 4. The van der Waals surface area contributed by atoms with Gasteiger partial charge < -0.3 is 19.7 Å². The Morgan fingerprint density at radius 2 is 1.84 bits per heavy atom. The average molecular weight is 340 g/mol. The lowest BCUT2D eigenvalue weighted by Crippen LogP contribution is -2.22. The smallest absolute Gasteiger partial charge is 0.262 e. The van der Waals surface area contributed by atoms with Crippen LogP contribution < -0.4 is 19.7 Å². The highest BCUT2D eigenvalue weighted by molar-refractivity contribution is 5.93. The number of benzene rings is 2. The lowest BCUT2D eigenvalue weighted by atomic mass is 10.1. The van der Waals surface area contributed by atoms with Crippen LogP contribution in [-0.2, 0) is 4.79 Å². The number of anilines is 2. The van der Waals surface area contributed by atoms with Crippen molar-refractivity contribution in [2.75, 3.05) is 37.0 Å². The number of hydrogen-bond donors (Lipinski definition) is 1. The summed E-state index contributed by atoms with van der Waals surface area (Å²) in [7, 11) is 1.58. The zero-order chi connectivity index (χ0) is 17.6. The van der Waals surface area contributed by atoms with E-state index in [-0.39, 0.29) is 12.5 Å². The zero-order valence-electron chi connectivity index (χ0n) is 14.7. The molecule has 1 heterocycles. The topological polar surface area (TPSA) is 50.8 Å². The van der Waals surface area contributed by atoms with Crippen molar-refractivity contribution in [1.29, 1.82) is 0 Å². The van der Waals surface area contributed by atoms with Gasteiger partial charge in [-0.15, -0.1) is 0 Å². The Labute approximate surface area is 148 Å². The van der Waals surface area contributed by atoms with E-state index in [0.717, 1.165) is 30.0 Å². The Balaban J connectivity index is 1.63. The van der Waals surface area contributed by atoms with Crippen molar-refractivity contribution < 1.29 is 14.3 Å². The lowest BCUT2D eigenvalue weighted by molar-refractivity contribution is -0.118. The highest BCUT2D eigenvalue weighted by Crippen LogP contribution is 2.27. The molecule has 0 radical (unpaired) electrons. The van der Waals surface area contributed by atoms with Crippen LogP contribution in [0, 0.1) is 6.92 Å². The van der Waals surface area contributed by atoms with Gasteiger partial charge in [-0.3, -0.25) is 4.79 Å². The number of amides is 1. The van der Waals surface area contributed by atoms with Crippen LogP contribution in [0.2, 0.25) is 0 Å². The fourth-order valence-corrected chi connectivity index (χ4v) is 2.98. The number of rotatable bonds is 6. The van der Waals surface area contributed by atoms with E-state index in [2.05, 4.69) is 16.3 Å². The number of aryl methyl sites for hydroxylation is 1. The van der Waals surface area contributed by atoms with Crippen LogP contribution >= 0.6 is 0 Å². The molecule has 0 aliphatic carbocycles. The van der Waals surface area contributed by atoms with Crippen molar-refractivity contribution in [1.82, 2.24) is 0 Å². The Kier molecular flexibility index (Phi) is 5.43. The summed E-state index contributed by atoms with van der Waals surface area (Å²) in [6.07, 6.45) is 2.45. The number of para-hydroxylation sites is 2. The predicted octanol–water partition coefficient (Wildman–Crippen LogP) is 3.62. The van der Waals surface area contributed by atoms with E-state index in [1.54, 1.807) is 19.2 Å². The van der Waals surface area contributed by atoms with Crippen LogP contribution in [0.25, 0.3) is 0 Å². The molecular weight excluding hydrogens is 316 g/mol. The summed E-state index contributed by atoms with van der Waals surface area (Å²) in [6.45, 7) is 4.08. The average Bonchev–Trinajstić information content (AvgIpc) is 3.16. The van der Waals surface area contributed by atoms with Gasteiger partial charge in [0.25, 0.3) is 5.91 Å². The third kappa shape index (κ3) is 4.24. The summed E-state index contributed by atoms with van der Waals surface area (Å²) in [5.74, 6) is 0.984. The van der Waals surface area contributed by atoms with E-state index >= 15 is 0 Å². The van der Waals surface area contributed by atoms with Gasteiger partial charge >= 0.3 is 0 Å². The number of methoxy groups -OCH3 is 1. The lowest BCUT2D eigenvalue weighted by Gasteiger charge is -2.19. The van der Waals surface area contributed by atoms with Gasteiger partial charge in [-0.1, -0.05) is 18.2 Å². The quantitative estimate of drug-likeness (QED) is 0.872. The molecule has 132 valence electrons. The minimum Gasteiger partial charge on any atom is -0.493 e. The molecule has 0 spiro atoms. The van der Waals surface area contributed by atoms with Crippen LogP contribution in [0.4, 0.5) is 11.4 Å². The molecule has 1 aliphatic rings. The number of nitrogens with zero attached hydrogens (tertiary/aromatic N) is 1. The maximum atomic E-state index is 12.3. The molecule has 2 aromatic rings. The molecule has 0 unspecified atom stereocenters. The van der Waals surface area contributed by atoms with Crippen molar-refractivity contribution in [3.63, 3.8) is 0 Å². The third-order valence-corrected chi connectivity index (χ3v) is 4.39. The first kappa shape index (κ1) is 17.1. The summed E-state index contributed by atoms with van der Waals surface area (Å²) in [4.78, 5) is 14.6. The van der Waals surface area contributed by atoms with Crippen molar-refractivity contribution in [3.05, 3.63) is 48.0 Å². The first-order valence-electron chi connectivity index (χ1n) is 8.58. The summed E-state index contributed by atoms with van der Waals surface area (Å²) in [5.41, 5.74) is 3.02. The van der Waals surface area contributed by atoms with Gasteiger partial charge in [0.1, 0.15) is 0 Å². The molecule has 1 amide bonds. The molecule has 5 nitrogen and oxygen atoms in total. The fraction of sp³-hybridized carbons (Fsp3) is 0.350. The standard InChI is InChI=1S/C20H24N2O3/c1-15-9-10-16(22-11-5-6-12-22)13-17(15)21-20(23)14-25-19-8-4-3-7-18(19)24-2/h3-4,7-10,13H,5-6,11-12,14H2,1-2H3,(H,21,23). The molecule has 0 aromatic heterocycles. The molecule has 0 atom stereocenters. The molecule has 1 aliphatic heterocycles. The first-order valence-corrected chi connectivity index (χ1v) is 8.58. The first-order chi connectivity index (χ1) is 12.2. The van der Waals surface area contributed by atoms with Gasteiger partial charge in [0.2, 0.25) is 0 Å². The molecule has 0 bridgehead atoms. The Morgan fingerprint density at radius 3 is 2.56 bits per heavy atom. The SMILES string of the molecule is COc1ccccc1OCC(=O)Nc1cc(N2CCCC2)ccc1C. The van der Waals surface area contributed by atoms with Crippen molar-refractivity contribution >= 4 is 17.3 Å². The van der Waals surface area contributed by atoms with Gasteiger partial charge in [-0.05, 0) is 49.6 Å². The van der Waals surface area contributed by atoms with Gasteiger partial charge in [-0.2, -0.15) is 0 Å². The van der Waals surface area contributed by atoms with Crippen LogP contribution in [0.5, 0.6) is 11.5 Å². The van der Waals surface area contributed by atoms with E-state index in [0.29, 0.717) is 11.5 Å². The highest BCUT2D eigenvalue weighted by atomic mass is 16.5. The normalized spacial score (nSPS) is 13.6. The Hall–Kier alpha value is -2.69. The molecule has 1 N–H and O–H groups in total. The van der Waals surface area contributed by atoms with E-state index in [1.165, 1.54) is 12.8 Å². The molecule has 25 heavy (non-hydrogen) atoms. The molecule has 0 saturated carbocycles. The zero-order valence-corrected chi connectivity index (χ0v) is 14.7. The van der Waals surface area contributed by atoms with Gasteiger partial charge in [0.15, 0.2) is 18.1 Å². The minimum absolute atomic E-state index is 0.0618. The molecule has 1 saturated heterocycles. The van der Waals surface area contributed by atoms with Gasteiger partial charge in [0, 0.05) is 24.5 Å². The van der Waals surface area contributed by atoms with Crippen LogP contribution in [0.1, 0.15) is 18.4 Å². The largest absolute Gasteiger partial charge is 0.493 e. The number of nitrogens with one attached hydrogen (secondary N) is 1. The third-order valence-electron chi connectivity index (χ3n) is 4.39. The molecular formula is C20H24N2O3. The van der Waals surface area contributed by atoms with Crippen molar-refractivity contribution in [3.8, 4) is 11.5 Å². The number of ether oxygens (including phenoxy) is 2. The van der Waals surface area contributed by atoms with E-state index < -0.39 is 0 Å². The van der Waals surface area contributed by atoms with Crippen molar-refractivity contribution in [2.45, 2.75) is 19.8 Å². The van der Waals surface area contributed by atoms with E-state index in [4.69, 9.17) is 9.47 Å². The second-order valence-corrected chi connectivity index (χ2v) is 6.18. The monoisotopic (exact) mass is 340 g/mol. The minimum atomic E-state index is -0.187. The fourth-order valence-electron chi connectivity index (χ4n) is 2.98. The van der Waals surface area contributed by atoms with E-state index in [9.17, 15) is 4.79 Å². The second kappa shape index (κ2) is 7.92. The number of carbonyl (C=O) groups excluding carboxylic acids is 1. The maximum Gasteiger partial charge on any atom is 0.262 e. The predicted molar refractivity (Wildman–Crippen MR) is 99.7 cm³/mol. The van der Waals surface area contributed by atoms with Gasteiger partial charge in [0.05, 0.1) is 7.11 Å². The molecule has 3 rings (SSSR count). The highest BCUT2D eigenvalue weighted by Gasteiger charge is 2.14. The maximum absolute atomic E-state index is 12.3. The summed E-state index contributed by atoms with van der Waals surface area (Å²) in [6, 6.07) is 13.5. The number of carbonyl (C=O) groups is 1. The molecule has 1 fully saturated rings. The molecule has 5 heteroatoms. The Bertz CT molecular complexity index is 739. The van der Waals surface area contributed by atoms with Crippen LogP contribution in [-0.4, -0.2) is 32.7 Å². The van der Waals surface area contributed by atoms with Crippen LogP contribution in [0.15, 0.2) is 42.5 Å². The van der Waals surface area contributed by atoms with E-state index in [1.807, 2.05) is 31.2 Å². The van der Waals surface area contributed by atoms with Gasteiger partial charge in [-0.25, -0.2) is 0 Å². The summed E-state index contributed by atoms with van der Waals surface area (Å²) in [5, 5.41) is 2.95. The second-order valence-electron chi connectivity index (χ2n) is 6.18. The Morgan fingerprint density at radius 1 is 1.12 bits per heavy atom.